The van der Waals surface area contributed by atoms with Crippen LogP contribution in [0.1, 0.15) is 25.8 Å². The van der Waals surface area contributed by atoms with Gasteiger partial charge < -0.3 is 4.90 Å². The van der Waals surface area contributed by atoms with Crippen LogP contribution in [-0.4, -0.2) is 18.0 Å². The molecule has 0 saturated carbocycles. The summed E-state index contributed by atoms with van der Waals surface area (Å²) < 4.78 is 0. The fraction of sp³-hybridized carbons (Fsp3) is 0.429. The lowest BCUT2D eigenvalue weighted by Crippen LogP contribution is -2.28. The lowest BCUT2D eigenvalue weighted by Gasteiger charge is -2.25. The highest BCUT2D eigenvalue weighted by Gasteiger charge is 2.17. The molecule has 0 saturated heterocycles. The Morgan fingerprint density at radius 3 is 2.60 bits per heavy atom. The fourth-order valence-corrected chi connectivity index (χ4v) is 1.91. The Morgan fingerprint density at radius 2 is 2.10 bits per heavy atom. The minimum Gasteiger partial charge on any atom is -0.370 e. The topological polar surface area (TPSA) is 94.0 Å². The van der Waals surface area contributed by atoms with Crippen molar-refractivity contribution in [3.8, 4) is 12.1 Å². The van der Waals surface area contributed by atoms with Gasteiger partial charge in [-0.1, -0.05) is 13.8 Å². The number of hydrogen-bond donors (Lipinski definition) is 0. The summed E-state index contributed by atoms with van der Waals surface area (Å²) in [5, 5.41) is 28.5. The monoisotopic (exact) mass is 272 g/mol. The fourth-order valence-electron chi connectivity index (χ4n) is 1.91. The molecule has 1 aromatic carbocycles. The molecule has 0 fully saturated rings. The molecule has 1 rings (SSSR count). The third-order valence-corrected chi connectivity index (χ3v) is 2.74. The molecule has 104 valence electrons. The number of hydrogen-bond acceptors (Lipinski definition) is 5. The second-order valence-electron chi connectivity index (χ2n) is 4.82. The molecule has 0 aliphatic heterocycles. The van der Waals surface area contributed by atoms with Gasteiger partial charge in [-0.05, 0) is 18.1 Å². The number of nitriles is 2. The Balaban J connectivity index is 3.14. The van der Waals surface area contributed by atoms with Crippen LogP contribution in [0.4, 0.5) is 11.4 Å². The van der Waals surface area contributed by atoms with E-state index in [0.29, 0.717) is 31.1 Å². The first-order chi connectivity index (χ1) is 9.49. The second-order valence-corrected chi connectivity index (χ2v) is 4.82. The molecular weight excluding hydrogens is 256 g/mol. The van der Waals surface area contributed by atoms with Crippen molar-refractivity contribution in [1.29, 1.82) is 10.5 Å². The maximum Gasteiger partial charge on any atom is 0.289 e. The summed E-state index contributed by atoms with van der Waals surface area (Å²) in [5.41, 5.74) is 0.513. The summed E-state index contributed by atoms with van der Waals surface area (Å²) in [7, 11) is 0. The molecule has 0 atom stereocenters. The van der Waals surface area contributed by atoms with Gasteiger partial charge in [0.05, 0.1) is 17.4 Å². The van der Waals surface area contributed by atoms with Gasteiger partial charge in [0.1, 0.15) is 11.6 Å². The van der Waals surface area contributed by atoms with Crippen LogP contribution in [0.3, 0.4) is 0 Å². The van der Waals surface area contributed by atoms with Crippen molar-refractivity contribution in [1.82, 2.24) is 0 Å². The third kappa shape index (κ3) is 3.96. The van der Waals surface area contributed by atoms with Crippen LogP contribution in [0.5, 0.6) is 0 Å². The van der Waals surface area contributed by atoms with Crippen LogP contribution in [0.15, 0.2) is 18.2 Å². The zero-order valence-corrected chi connectivity index (χ0v) is 11.5. The van der Waals surface area contributed by atoms with Gasteiger partial charge in [0.2, 0.25) is 0 Å². The van der Waals surface area contributed by atoms with E-state index in [1.165, 1.54) is 12.1 Å². The maximum atomic E-state index is 11.0. The van der Waals surface area contributed by atoms with Crippen molar-refractivity contribution in [3.63, 3.8) is 0 Å². The zero-order valence-electron chi connectivity index (χ0n) is 11.5. The van der Waals surface area contributed by atoms with E-state index < -0.39 is 4.92 Å². The molecule has 0 aromatic heterocycles. The van der Waals surface area contributed by atoms with Gasteiger partial charge in [-0.15, -0.1) is 0 Å². The molecule has 0 radical (unpaired) electrons. The van der Waals surface area contributed by atoms with E-state index in [9.17, 15) is 10.1 Å². The number of rotatable bonds is 6. The van der Waals surface area contributed by atoms with Crippen molar-refractivity contribution in [2.75, 3.05) is 18.0 Å². The molecule has 20 heavy (non-hydrogen) atoms. The number of nitro benzene ring substituents is 1. The highest BCUT2D eigenvalue weighted by atomic mass is 16.6. The van der Waals surface area contributed by atoms with Crippen LogP contribution >= 0.6 is 0 Å². The molecule has 0 bridgehead atoms. The van der Waals surface area contributed by atoms with Gasteiger partial charge in [0, 0.05) is 24.8 Å². The summed E-state index contributed by atoms with van der Waals surface area (Å²) >= 11 is 0. The smallest absolute Gasteiger partial charge is 0.289 e. The molecule has 0 aliphatic carbocycles. The Labute approximate surface area is 118 Å². The third-order valence-electron chi connectivity index (χ3n) is 2.74. The highest BCUT2D eigenvalue weighted by molar-refractivity contribution is 5.60. The summed E-state index contributed by atoms with van der Waals surface area (Å²) in [6.07, 6.45) is 0.348. The largest absolute Gasteiger partial charge is 0.370 e. The van der Waals surface area contributed by atoms with Crippen molar-refractivity contribution in [3.05, 3.63) is 33.9 Å². The van der Waals surface area contributed by atoms with Crippen molar-refractivity contribution in [2.45, 2.75) is 20.3 Å². The van der Waals surface area contributed by atoms with Gasteiger partial charge in [-0.3, -0.25) is 10.1 Å². The Bertz CT molecular complexity index is 570. The SMILES string of the molecule is CC(C)CN(CCC#N)c1ccc(C#N)c([N+](=O)[O-])c1. The van der Waals surface area contributed by atoms with E-state index in [1.807, 2.05) is 24.8 Å². The van der Waals surface area contributed by atoms with Crippen molar-refractivity contribution < 1.29 is 4.92 Å². The summed E-state index contributed by atoms with van der Waals surface area (Å²) in [6, 6.07) is 8.43. The van der Waals surface area contributed by atoms with E-state index in [0.717, 1.165) is 0 Å². The molecule has 0 N–H and O–H groups in total. The van der Waals surface area contributed by atoms with Crippen LogP contribution in [0, 0.1) is 38.7 Å². The average Bonchev–Trinajstić information content (AvgIpc) is 2.42. The molecular formula is C14H16N4O2. The molecule has 0 unspecified atom stereocenters. The summed E-state index contributed by atoms with van der Waals surface area (Å²) in [4.78, 5) is 12.4. The Kier molecular flexibility index (Phi) is 5.49. The minimum atomic E-state index is -0.556. The van der Waals surface area contributed by atoms with Gasteiger partial charge in [-0.2, -0.15) is 10.5 Å². The predicted octanol–water partition coefficient (Wildman–Crippen LogP) is 2.84. The quantitative estimate of drug-likeness (QED) is 0.586. The van der Waals surface area contributed by atoms with Crippen LogP contribution in [0.2, 0.25) is 0 Å². The van der Waals surface area contributed by atoms with E-state index >= 15 is 0 Å². The van der Waals surface area contributed by atoms with Gasteiger partial charge in [-0.25, -0.2) is 0 Å². The molecule has 0 amide bonds. The standard InChI is InChI=1S/C14H16N4O2/c1-11(2)10-17(7-3-6-15)13-5-4-12(9-16)14(8-13)18(19)20/h4-5,8,11H,3,7,10H2,1-2H3. The Morgan fingerprint density at radius 1 is 1.40 bits per heavy atom. The van der Waals surface area contributed by atoms with Crippen LogP contribution < -0.4 is 4.90 Å². The number of anilines is 1. The van der Waals surface area contributed by atoms with E-state index in [-0.39, 0.29) is 11.3 Å². The van der Waals surface area contributed by atoms with E-state index in [2.05, 4.69) is 6.07 Å². The highest BCUT2D eigenvalue weighted by Crippen LogP contribution is 2.26. The number of benzene rings is 1. The lowest BCUT2D eigenvalue weighted by molar-refractivity contribution is -0.385. The van der Waals surface area contributed by atoms with Crippen LogP contribution in [-0.2, 0) is 0 Å². The van der Waals surface area contributed by atoms with Crippen LogP contribution in [0.25, 0.3) is 0 Å². The summed E-state index contributed by atoms with van der Waals surface area (Å²) in [6.45, 7) is 5.29. The normalized spacial score (nSPS) is 9.85. The maximum absolute atomic E-state index is 11.0. The molecule has 0 spiro atoms. The molecule has 6 nitrogen and oxygen atoms in total. The molecule has 0 aliphatic rings. The predicted molar refractivity (Wildman–Crippen MR) is 75.1 cm³/mol. The van der Waals surface area contributed by atoms with E-state index in [4.69, 9.17) is 10.5 Å². The number of nitro groups is 1. The molecule has 1 aromatic rings. The molecule has 6 heteroatoms. The minimum absolute atomic E-state index is 0.0449. The lowest BCUT2D eigenvalue weighted by atomic mass is 10.1. The first-order valence-electron chi connectivity index (χ1n) is 6.30. The summed E-state index contributed by atoms with van der Waals surface area (Å²) in [5.74, 6) is 0.364. The van der Waals surface area contributed by atoms with Gasteiger partial charge in [0.25, 0.3) is 5.69 Å². The zero-order chi connectivity index (χ0) is 15.1. The molecule has 0 heterocycles. The Hall–Kier alpha value is -2.60. The van der Waals surface area contributed by atoms with Gasteiger partial charge >= 0.3 is 0 Å². The first kappa shape index (κ1) is 15.5. The van der Waals surface area contributed by atoms with Crippen molar-refractivity contribution >= 4 is 11.4 Å². The number of nitrogens with zero attached hydrogens (tertiary/aromatic N) is 4. The second kappa shape index (κ2) is 7.10. The average molecular weight is 272 g/mol. The first-order valence-corrected chi connectivity index (χ1v) is 6.30. The van der Waals surface area contributed by atoms with Crippen molar-refractivity contribution in [2.24, 2.45) is 5.92 Å². The van der Waals surface area contributed by atoms with E-state index in [1.54, 1.807) is 6.07 Å². The van der Waals surface area contributed by atoms with Gasteiger partial charge in [0.15, 0.2) is 0 Å².